The minimum Gasteiger partial charge on any atom is -0.496 e. The zero-order valence-corrected chi connectivity index (χ0v) is 22.9. The van der Waals surface area contributed by atoms with E-state index >= 15 is 0 Å². The number of likely N-dealkylation sites (tertiary alicyclic amines) is 1. The number of carbonyl (C=O) groups is 1. The van der Waals surface area contributed by atoms with Crippen molar-refractivity contribution < 1.29 is 24.1 Å². The molecule has 198 valence electrons. The maximum Gasteiger partial charge on any atom is 0.306 e. The number of ether oxygens (including phenoxy) is 3. The van der Waals surface area contributed by atoms with Crippen molar-refractivity contribution in [1.82, 2.24) is 4.90 Å². The molecule has 0 radical (unpaired) electrons. The molecule has 0 spiro atoms. The maximum atomic E-state index is 11.9. The van der Waals surface area contributed by atoms with E-state index in [9.17, 15) is 9.90 Å². The molecule has 1 N–H and O–H groups in total. The minimum atomic E-state index is -0.615. The zero-order valence-electron chi connectivity index (χ0n) is 21.3. The van der Waals surface area contributed by atoms with Gasteiger partial charge in [-0.05, 0) is 75.4 Å². The number of methoxy groups -OCH3 is 1. The molecule has 3 rings (SSSR count). The molecule has 3 atom stereocenters. The molecule has 1 heterocycles. The van der Waals surface area contributed by atoms with E-state index in [0.29, 0.717) is 35.7 Å². The van der Waals surface area contributed by atoms with Crippen LogP contribution in [0.5, 0.6) is 5.75 Å². The monoisotopic (exact) mass is 537 g/mol. The van der Waals surface area contributed by atoms with Gasteiger partial charge in [-0.1, -0.05) is 41.4 Å². The molecule has 6 nitrogen and oxygen atoms in total. The summed E-state index contributed by atoms with van der Waals surface area (Å²) in [6.07, 6.45) is 2.94. The normalized spacial score (nSPS) is 17.7. The second kappa shape index (κ2) is 14.2. The molecule has 0 aromatic heterocycles. The second-order valence-corrected chi connectivity index (χ2v) is 10.0. The third-order valence-electron chi connectivity index (χ3n) is 6.65. The van der Waals surface area contributed by atoms with E-state index in [1.54, 1.807) is 14.0 Å². The van der Waals surface area contributed by atoms with E-state index in [-0.39, 0.29) is 25.1 Å². The molecule has 0 saturated carbocycles. The van der Waals surface area contributed by atoms with Gasteiger partial charge in [0.25, 0.3) is 0 Å². The van der Waals surface area contributed by atoms with E-state index in [1.165, 1.54) is 0 Å². The SMILES string of the molecule is CCOC(=O)CCc1c(OC)cccc1[C@@H](C)OC[C@H](O)CN1CCC[C@H]1Cc1ccc(Cl)c(Cl)c1. The van der Waals surface area contributed by atoms with Crippen LogP contribution in [0.25, 0.3) is 0 Å². The number of esters is 1. The summed E-state index contributed by atoms with van der Waals surface area (Å²) in [6, 6.07) is 11.9. The van der Waals surface area contributed by atoms with Gasteiger partial charge in [-0.2, -0.15) is 0 Å². The molecule has 1 fully saturated rings. The standard InChI is InChI=1S/C28H37Cl2NO5/c1-4-35-28(33)13-11-24-23(8-5-9-27(24)34-3)19(2)36-18-22(32)17-31-14-6-7-21(31)15-20-10-12-25(29)26(30)16-20/h5,8-10,12,16,19,21-22,32H,4,6-7,11,13-15,17-18H2,1-3H3/t19-,21+,22-/m1/s1. The first kappa shape index (κ1) is 28.7. The van der Waals surface area contributed by atoms with Crippen LogP contribution in [0.4, 0.5) is 0 Å². The van der Waals surface area contributed by atoms with Crippen molar-refractivity contribution in [2.75, 3.05) is 33.4 Å². The molecule has 2 aromatic rings. The number of aliphatic hydroxyl groups is 1. The van der Waals surface area contributed by atoms with Crippen molar-refractivity contribution in [1.29, 1.82) is 0 Å². The Morgan fingerprint density at radius 3 is 2.75 bits per heavy atom. The Morgan fingerprint density at radius 2 is 2.03 bits per heavy atom. The van der Waals surface area contributed by atoms with Crippen molar-refractivity contribution >= 4 is 29.2 Å². The summed E-state index contributed by atoms with van der Waals surface area (Å²) in [4.78, 5) is 14.2. The number of halogens is 2. The lowest BCUT2D eigenvalue weighted by Gasteiger charge is -2.28. The third kappa shape index (κ3) is 8.09. The van der Waals surface area contributed by atoms with Gasteiger partial charge in [0.15, 0.2) is 0 Å². The number of nitrogens with zero attached hydrogens (tertiary/aromatic N) is 1. The second-order valence-electron chi connectivity index (χ2n) is 9.21. The van der Waals surface area contributed by atoms with Crippen LogP contribution < -0.4 is 4.74 Å². The van der Waals surface area contributed by atoms with Crippen LogP contribution in [0.3, 0.4) is 0 Å². The van der Waals surface area contributed by atoms with Gasteiger partial charge >= 0.3 is 5.97 Å². The number of β-amino-alcohol motifs (C(OH)–C–C–N with tert-alkyl or cyclic N) is 1. The zero-order chi connectivity index (χ0) is 26.1. The van der Waals surface area contributed by atoms with Gasteiger partial charge < -0.3 is 19.3 Å². The molecular weight excluding hydrogens is 501 g/mol. The first-order valence-electron chi connectivity index (χ1n) is 12.6. The molecule has 2 aromatic carbocycles. The first-order chi connectivity index (χ1) is 17.3. The Bertz CT molecular complexity index is 1000. The molecule has 8 heteroatoms. The summed E-state index contributed by atoms with van der Waals surface area (Å²) in [6.45, 7) is 5.83. The average Bonchev–Trinajstić information content (AvgIpc) is 3.29. The van der Waals surface area contributed by atoms with Crippen LogP contribution in [-0.2, 0) is 27.1 Å². The van der Waals surface area contributed by atoms with Crippen molar-refractivity contribution in [2.45, 2.75) is 64.2 Å². The molecule has 1 aliphatic heterocycles. The number of rotatable bonds is 13. The van der Waals surface area contributed by atoms with Gasteiger partial charge in [-0.3, -0.25) is 9.69 Å². The highest BCUT2D eigenvalue weighted by Gasteiger charge is 2.27. The van der Waals surface area contributed by atoms with Crippen molar-refractivity contribution in [3.8, 4) is 5.75 Å². The van der Waals surface area contributed by atoms with Gasteiger partial charge in [0, 0.05) is 24.6 Å². The van der Waals surface area contributed by atoms with E-state index in [0.717, 1.165) is 48.2 Å². The number of benzene rings is 2. The van der Waals surface area contributed by atoms with Crippen LogP contribution in [-0.4, -0.2) is 61.5 Å². The van der Waals surface area contributed by atoms with Gasteiger partial charge in [0.1, 0.15) is 5.75 Å². The molecule has 1 aliphatic rings. The predicted octanol–water partition coefficient (Wildman–Crippen LogP) is 5.64. The lowest BCUT2D eigenvalue weighted by Crippen LogP contribution is -2.39. The highest BCUT2D eigenvalue weighted by Crippen LogP contribution is 2.31. The average molecular weight is 539 g/mol. The van der Waals surface area contributed by atoms with Crippen molar-refractivity contribution in [3.63, 3.8) is 0 Å². The molecular formula is C28H37Cl2NO5. The molecule has 0 bridgehead atoms. The van der Waals surface area contributed by atoms with Gasteiger partial charge in [0.2, 0.25) is 0 Å². The summed E-state index contributed by atoms with van der Waals surface area (Å²) in [5.74, 6) is 0.481. The summed E-state index contributed by atoms with van der Waals surface area (Å²) >= 11 is 12.2. The Balaban J connectivity index is 1.56. The van der Waals surface area contributed by atoms with Crippen molar-refractivity contribution in [2.24, 2.45) is 0 Å². The third-order valence-corrected chi connectivity index (χ3v) is 7.39. The van der Waals surface area contributed by atoms with Crippen LogP contribution in [0.1, 0.15) is 55.9 Å². The highest BCUT2D eigenvalue weighted by atomic mass is 35.5. The topological polar surface area (TPSA) is 68.2 Å². The summed E-state index contributed by atoms with van der Waals surface area (Å²) in [5, 5.41) is 11.9. The largest absolute Gasteiger partial charge is 0.496 e. The van der Waals surface area contributed by atoms with Crippen molar-refractivity contribution in [3.05, 3.63) is 63.1 Å². The van der Waals surface area contributed by atoms with E-state index in [1.807, 2.05) is 43.3 Å². The van der Waals surface area contributed by atoms with Crippen LogP contribution in [0.15, 0.2) is 36.4 Å². The maximum absolute atomic E-state index is 11.9. The Kier molecular flexibility index (Phi) is 11.3. The van der Waals surface area contributed by atoms with Crippen LogP contribution in [0, 0.1) is 0 Å². The highest BCUT2D eigenvalue weighted by molar-refractivity contribution is 6.42. The number of hydrogen-bond acceptors (Lipinski definition) is 6. The summed E-state index contributed by atoms with van der Waals surface area (Å²) < 4.78 is 16.7. The fraction of sp³-hybridized carbons (Fsp3) is 0.536. The molecule has 0 amide bonds. The summed E-state index contributed by atoms with van der Waals surface area (Å²) in [5.41, 5.74) is 3.02. The van der Waals surface area contributed by atoms with Crippen LogP contribution in [0.2, 0.25) is 10.0 Å². The Labute approximate surface area is 224 Å². The minimum absolute atomic E-state index is 0.214. The van der Waals surface area contributed by atoms with Gasteiger partial charge in [-0.15, -0.1) is 0 Å². The van der Waals surface area contributed by atoms with E-state index < -0.39 is 6.10 Å². The molecule has 0 unspecified atom stereocenters. The smallest absolute Gasteiger partial charge is 0.306 e. The quantitative estimate of drug-likeness (QED) is 0.333. The first-order valence-corrected chi connectivity index (χ1v) is 13.4. The number of carbonyl (C=O) groups excluding carboxylic acids is 1. The fourth-order valence-corrected chi connectivity index (χ4v) is 5.18. The van der Waals surface area contributed by atoms with Gasteiger partial charge in [0.05, 0.1) is 42.6 Å². The number of aliphatic hydroxyl groups excluding tert-OH is 1. The van der Waals surface area contributed by atoms with E-state index in [4.69, 9.17) is 37.4 Å². The number of hydrogen-bond donors (Lipinski definition) is 1. The van der Waals surface area contributed by atoms with Crippen LogP contribution >= 0.6 is 23.2 Å². The molecule has 1 saturated heterocycles. The predicted molar refractivity (Wildman–Crippen MR) is 143 cm³/mol. The fourth-order valence-electron chi connectivity index (χ4n) is 4.86. The lowest BCUT2D eigenvalue weighted by molar-refractivity contribution is -0.143. The summed E-state index contributed by atoms with van der Waals surface area (Å²) in [7, 11) is 1.62. The Hall–Kier alpha value is -1.83. The molecule has 36 heavy (non-hydrogen) atoms. The Morgan fingerprint density at radius 1 is 1.22 bits per heavy atom. The van der Waals surface area contributed by atoms with Gasteiger partial charge in [-0.25, -0.2) is 0 Å². The van der Waals surface area contributed by atoms with E-state index in [2.05, 4.69) is 4.90 Å². The lowest BCUT2D eigenvalue weighted by atomic mass is 9.98. The molecule has 0 aliphatic carbocycles.